The van der Waals surface area contributed by atoms with Gasteiger partial charge in [-0.1, -0.05) is 37.3 Å². The van der Waals surface area contributed by atoms with Gasteiger partial charge in [-0.25, -0.2) is 9.97 Å². The molecule has 0 saturated carbocycles. The van der Waals surface area contributed by atoms with Crippen molar-refractivity contribution >= 4 is 16.8 Å². The fourth-order valence-corrected chi connectivity index (χ4v) is 3.20. The van der Waals surface area contributed by atoms with Gasteiger partial charge in [0.2, 0.25) is 5.91 Å². The Kier molecular flexibility index (Phi) is 5.86. The number of rotatable bonds is 5. The predicted molar refractivity (Wildman–Crippen MR) is 105 cm³/mol. The first kappa shape index (κ1) is 20.8. The van der Waals surface area contributed by atoms with Crippen molar-refractivity contribution in [1.82, 2.24) is 14.9 Å². The zero-order valence-electron chi connectivity index (χ0n) is 16.5. The second-order valence-corrected chi connectivity index (χ2v) is 7.22. The lowest BCUT2D eigenvalue weighted by molar-refractivity contribution is -0.137. The molecule has 0 bridgehead atoms. The molecule has 0 N–H and O–H groups in total. The minimum atomic E-state index is -4.37. The van der Waals surface area contributed by atoms with Crippen LogP contribution in [0, 0.1) is 6.92 Å². The summed E-state index contributed by atoms with van der Waals surface area (Å²) in [5.74, 6) is 0.234. The number of hydrogen-bond donors (Lipinski definition) is 0. The number of fused-ring (bicyclic) bond motifs is 1. The summed E-state index contributed by atoms with van der Waals surface area (Å²) in [4.78, 5) is 23.1. The van der Waals surface area contributed by atoms with Crippen molar-refractivity contribution in [3.63, 3.8) is 0 Å². The molecule has 152 valence electrons. The van der Waals surface area contributed by atoms with E-state index in [2.05, 4.69) is 9.97 Å². The molecule has 1 amide bonds. The summed E-state index contributed by atoms with van der Waals surface area (Å²) in [6.07, 6.45) is -4.18. The van der Waals surface area contributed by atoms with Gasteiger partial charge in [-0.3, -0.25) is 4.79 Å². The molecule has 0 aliphatic carbocycles. The molecule has 3 rings (SSSR count). The van der Waals surface area contributed by atoms with Gasteiger partial charge >= 0.3 is 6.18 Å². The van der Waals surface area contributed by atoms with Gasteiger partial charge in [0, 0.05) is 24.5 Å². The zero-order chi connectivity index (χ0) is 21.2. The van der Waals surface area contributed by atoms with Crippen molar-refractivity contribution in [2.45, 2.75) is 38.9 Å². The van der Waals surface area contributed by atoms with E-state index in [1.165, 1.54) is 12.1 Å². The normalized spacial score (nSPS) is 12.8. The van der Waals surface area contributed by atoms with Crippen LogP contribution in [0.15, 0.2) is 48.5 Å². The highest BCUT2D eigenvalue weighted by Gasteiger charge is 2.30. The zero-order valence-corrected chi connectivity index (χ0v) is 16.5. The van der Waals surface area contributed by atoms with Crippen LogP contribution in [0.2, 0.25) is 0 Å². The first-order chi connectivity index (χ1) is 13.6. The van der Waals surface area contributed by atoms with Gasteiger partial charge in [0.25, 0.3) is 0 Å². The smallest absolute Gasteiger partial charge is 0.338 e. The molecule has 1 aromatic heterocycles. The van der Waals surface area contributed by atoms with Crippen LogP contribution < -0.4 is 0 Å². The standard InChI is InChI=1S/C22H22F3N3O/c1-14(16-8-10-17(11-9-16)22(23,24)25)12-21(29)28(3)13-20-26-15(2)18-6-4-5-7-19(18)27-20/h4-11,14H,12-13H2,1-3H3. The van der Waals surface area contributed by atoms with Crippen LogP contribution in [-0.2, 0) is 17.5 Å². The Morgan fingerprint density at radius 3 is 2.38 bits per heavy atom. The Balaban J connectivity index is 1.66. The van der Waals surface area contributed by atoms with Crippen LogP contribution in [0.25, 0.3) is 10.9 Å². The van der Waals surface area contributed by atoms with E-state index in [1.54, 1.807) is 11.9 Å². The van der Waals surface area contributed by atoms with E-state index in [0.29, 0.717) is 11.4 Å². The predicted octanol–water partition coefficient (Wildman–Crippen LogP) is 5.11. The number of hydrogen-bond acceptors (Lipinski definition) is 3. The van der Waals surface area contributed by atoms with Crippen molar-refractivity contribution in [3.05, 3.63) is 71.2 Å². The minimum absolute atomic E-state index is 0.119. The van der Waals surface area contributed by atoms with Gasteiger partial charge in [-0.05, 0) is 36.6 Å². The number of alkyl halides is 3. The molecule has 4 nitrogen and oxygen atoms in total. The quantitative estimate of drug-likeness (QED) is 0.597. The highest BCUT2D eigenvalue weighted by Crippen LogP contribution is 2.30. The van der Waals surface area contributed by atoms with Crippen molar-refractivity contribution < 1.29 is 18.0 Å². The molecule has 0 saturated heterocycles. The summed E-state index contributed by atoms with van der Waals surface area (Å²) in [5, 5.41) is 0.973. The average Bonchev–Trinajstić information content (AvgIpc) is 2.67. The summed E-state index contributed by atoms with van der Waals surface area (Å²) in [5.41, 5.74) is 1.68. The Bertz CT molecular complexity index is 1020. The van der Waals surface area contributed by atoms with Gasteiger partial charge in [-0.15, -0.1) is 0 Å². The van der Waals surface area contributed by atoms with E-state index in [9.17, 15) is 18.0 Å². The van der Waals surface area contributed by atoms with Gasteiger partial charge in [-0.2, -0.15) is 13.2 Å². The third-order valence-electron chi connectivity index (χ3n) is 4.93. The lowest BCUT2D eigenvalue weighted by Crippen LogP contribution is -2.28. The monoisotopic (exact) mass is 401 g/mol. The molecule has 1 heterocycles. The Morgan fingerprint density at radius 1 is 1.07 bits per heavy atom. The maximum atomic E-state index is 12.7. The number of benzene rings is 2. The van der Waals surface area contributed by atoms with Crippen molar-refractivity contribution in [2.24, 2.45) is 0 Å². The number of aryl methyl sites for hydroxylation is 1. The molecular formula is C22H22F3N3O. The molecule has 1 unspecified atom stereocenters. The third-order valence-corrected chi connectivity index (χ3v) is 4.93. The minimum Gasteiger partial charge on any atom is -0.338 e. The fraction of sp³-hybridized carbons (Fsp3) is 0.318. The van der Waals surface area contributed by atoms with Gasteiger partial charge in [0.15, 0.2) is 0 Å². The first-order valence-electron chi connectivity index (χ1n) is 9.28. The van der Waals surface area contributed by atoms with E-state index in [4.69, 9.17) is 0 Å². The molecular weight excluding hydrogens is 379 g/mol. The summed E-state index contributed by atoms with van der Waals surface area (Å²) in [7, 11) is 1.68. The van der Waals surface area contributed by atoms with Gasteiger partial charge in [0.1, 0.15) is 5.82 Å². The summed E-state index contributed by atoms with van der Waals surface area (Å²) >= 11 is 0. The average molecular weight is 401 g/mol. The molecule has 2 aromatic carbocycles. The van der Waals surface area contributed by atoms with Crippen LogP contribution in [0.3, 0.4) is 0 Å². The largest absolute Gasteiger partial charge is 0.416 e. The summed E-state index contributed by atoms with van der Waals surface area (Å²) in [6, 6.07) is 12.6. The SMILES string of the molecule is Cc1nc(CN(C)C(=O)CC(C)c2ccc(C(F)(F)F)cc2)nc2ccccc12. The lowest BCUT2D eigenvalue weighted by atomic mass is 9.96. The van der Waals surface area contributed by atoms with Gasteiger partial charge in [0.05, 0.1) is 17.6 Å². The molecule has 0 fully saturated rings. The second kappa shape index (κ2) is 8.19. The third kappa shape index (κ3) is 4.91. The van der Waals surface area contributed by atoms with Crippen molar-refractivity contribution in [2.75, 3.05) is 7.05 Å². The molecule has 0 aliphatic heterocycles. The van der Waals surface area contributed by atoms with E-state index in [0.717, 1.165) is 28.7 Å². The topological polar surface area (TPSA) is 46.1 Å². The maximum Gasteiger partial charge on any atom is 0.416 e. The number of nitrogens with zero attached hydrogens (tertiary/aromatic N) is 3. The van der Waals surface area contributed by atoms with E-state index in [-0.39, 0.29) is 24.8 Å². The molecule has 7 heteroatoms. The Hall–Kier alpha value is -2.96. The highest BCUT2D eigenvalue weighted by atomic mass is 19.4. The fourth-order valence-electron chi connectivity index (χ4n) is 3.20. The molecule has 0 spiro atoms. The number of carbonyl (C=O) groups excluding carboxylic acids is 1. The first-order valence-corrected chi connectivity index (χ1v) is 9.28. The van der Waals surface area contributed by atoms with Crippen LogP contribution in [-0.4, -0.2) is 27.8 Å². The van der Waals surface area contributed by atoms with Crippen LogP contribution >= 0.6 is 0 Å². The Labute approximate surface area is 167 Å². The lowest BCUT2D eigenvalue weighted by Gasteiger charge is -2.20. The van der Waals surface area contributed by atoms with E-state index >= 15 is 0 Å². The second-order valence-electron chi connectivity index (χ2n) is 7.22. The van der Waals surface area contributed by atoms with E-state index in [1.807, 2.05) is 38.1 Å². The number of amides is 1. The number of halogens is 3. The summed E-state index contributed by atoms with van der Waals surface area (Å²) < 4.78 is 38.1. The molecule has 0 aliphatic rings. The van der Waals surface area contributed by atoms with Crippen LogP contribution in [0.4, 0.5) is 13.2 Å². The number of carbonyl (C=O) groups is 1. The molecule has 29 heavy (non-hydrogen) atoms. The maximum absolute atomic E-state index is 12.7. The highest BCUT2D eigenvalue weighted by molar-refractivity contribution is 5.80. The number of aromatic nitrogens is 2. The number of para-hydroxylation sites is 1. The molecule has 1 atom stereocenters. The van der Waals surface area contributed by atoms with Crippen molar-refractivity contribution in [3.8, 4) is 0 Å². The van der Waals surface area contributed by atoms with Crippen LogP contribution in [0.1, 0.15) is 41.9 Å². The van der Waals surface area contributed by atoms with Crippen LogP contribution in [0.5, 0.6) is 0 Å². The Morgan fingerprint density at radius 2 is 1.72 bits per heavy atom. The summed E-state index contributed by atoms with van der Waals surface area (Å²) in [6.45, 7) is 4.00. The van der Waals surface area contributed by atoms with Crippen molar-refractivity contribution in [1.29, 1.82) is 0 Å². The molecule has 3 aromatic rings. The molecule has 0 radical (unpaired) electrons. The van der Waals surface area contributed by atoms with Gasteiger partial charge < -0.3 is 4.90 Å². The van der Waals surface area contributed by atoms with E-state index < -0.39 is 11.7 Å².